The van der Waals surface area contributed by atoms with Gasteiger partial charge in [0.25, 0.3) is 0 Å². The zero-order valence-electron chi connectivity index (χ0n) is 12.5. The summed E-state index contributed by atoms with van der Waals surface area (Å²) in [6, 6.07) is 0.854. The molecule has 2 aliphatic rings. The average Bonchev–Trinajstić information content (AvgIpc) is 3.17. The maximum atomic E-state index is 6.06. The summed E-state index contributed by atoms with van der Waals surface area (Å²) in [5.74, 6) is 0.760. The predicted octanol–water partition coefficient (Wildman–Crippen LogP) is 2.99. The predicted molar refractivity (Wildman–Crippen MR) is 76.1 cm³/mol. The number of ether oxygens (including phenoxy) is 1. The minimum absolute atomic E-state index is 0.561. The smallest absolute Gasteiger partial charge is 0.374 e. The van der Waals surface area contributed by atoms with Crippen LogP contribution in [0.25, 0.3) is 0 Å². The van der Waals surface area contributed by atoms with Gasteiger partial charge in [0.15, 0.2) is 0 Å². The Hall–Kier alpha value is 0.0569. The van der Waals surface area contributed by atoms with Gasteiger partial charge in [0, 0.05) is 25.9 Å². The molecule has 1 aliphatic heterocycles. The van der Waals surface area contributed by atoms with Crippen molar-refractivity contribution in [2.45, 2.75) is 64.7 Å². The first-order valence-electron chi connectivity index (χ1n) is 7.80. The minimum Gasteiger partial charge on any atom is -0.374 e. The monoisotopic (exact) mass is 288 g/mol. The molecule has 2 rings (SSSR count). The van der Waals surface area contributed by atoms with Crippen molar-refractivity contribution in [1.82, 2.24) is 0 Å². The van der Waals surface area contributed by atoms with Gasteiger partial charge >= 0.3 is 8.80 Å². The van der Waals surface area contributed by atoms with Crippen molar-refractivity contribution in [1.29, 1.82) is 0 Å². The lowest BCUT2D eigenvalue weighted by molar-refractivity contribution is 0.0625. The van der Waals surface area contributed by atoms with E-state index >= 15 is 0 Å². The van der Waals surface area contributed by atoms with Gasteiger partial charge in [0.1, 0.15) is 0 Å². The molecular formula is C14H28O4Si. The van der Waals surface area contributed by atoms with Crippen molar-refractivity contribution in [3.8, 4) is 0 Å². The van der Waals surface area contributed by atoms with Crippen molar-refractivity contribution >= 4 is 8.80 Å². The van der Waals surface area contributed by atoms with E-state index in [1.54, 1.807) is 0 Å². The van der Waals surface area contributed by atoms with Gasteiger partial charge in [-0.3, -0.25) is 0 Å². The van der Waals surface area contributed by atoms with Crippen LogP contribution in [-0.4, -0.2) is 40.8 Å². The molecule has 0 bridgehead atoms. The van der Waals surface area contributed by atoms with Gasteiger partial charge in [0.05, 0.1) is 12.2 Å². The highest BCUT2D eigenvalue weighted by Gasteiger charge is 2.44. The first-order valence-corrected chi connectivity index (χ1v) is 9.73. The maximum absolute atomic E-state index is 6.06. The van der Waals surface area contributed by atoms with Crippen LogP contribution < -0.4 is 0 Å². The number of rotatable bonds is 9. The Morgan fingerprint density at radius 1 is 1.00 bits per heavy atom. The van der Waals surface area contributed by atoms with Crippen LogP contribution in [0.15, 0.2) is 0 Å². The van der Waals surface area contributed by atoms with Gasteiger partial charge in [0.2, 0.25) is 0 Å². The molecule has 5 heteroatoms. The number of hydrogen-bond acceptors (Lipinski definition) is 4. The molecule has 0 N–H and O–H groups in total. The van der Waals surface area contributed by atoms with E-state index in [0.717, 1.165) is 25.0 Å². The third kappa shape index (κ3) is 4.26. The third-order valence-corrected chi connectivity index (χ3v) is 7.09. The van der Waals surface area contributed by atoms with Crippen molar-refractivity contribution < 1.29 is 18.0 Å². The second kappa shape index (κ2) is 7.18. The molecule has 1 heterocycles. The Morgan fingerprint density at radius 3 is 2.32 bits per heavy atom. The molecule has 3 unspecified atom stereocenters. The molecule has 0 aromatic carbocycles. The van der Waals surface area contributed by atoms with Crippen LogP contribution in [0.5, 0.6) is 0 Å². The number of epoxide rings is 1. The van der Waals surface area contributed by atoms with Crippen LogP contribution in [-0.2, 0) is 18.0 Å². The molecule has 2 fully saturated rings. The molecule has 4 nitrogen and oxygen atoms in total. The zero-order chi connectivity index (χ0) is 13.7. The van der Waals surface area contributed by atoms with E-state index in [2.05, 4.69) is 6.92 Å². The van der Waals surface area contributed by atoms with Crippen LogP contribution in [0.3, 0.4) is 0 Å². The van der Waals surface area contributed by atoms with E-state index in [1.807, 2.05) is 13.8 Å². The van der Waals surface area contributed by atoms with Crippen LogP contribution in [0.2, 0.25) is 6.04 Å². The van der Waals surface area contributed by atoms with E-state index in [-0.39, 0.29) is 0 Å². The Morgan fingerprint density at radius 2 is 1.74 bits per heavy atom. The summed E-state index contributed by atoms with van der Waals surface area (Å²) in [4.78, 5) is 0. The van der Waals surface area contributed by atoms with Crippen LogP contribution >= 0.6 is 0 Å². The fraction of sp³-hybridized carbons (Fsp3) is 1.00. The summed E-state index contributed by atoms with van der Waals surface area (Å²) < 4.78 is 23.3. The molecule has 1 saturated heterocycles. The summed E-state index contributed by atoms with van der Waals surface area (Å²) in [6.07, 6.45) is 6.01. The second-order valence-corrected chi connectivity index (χ2v) is 8.37. The molecule has 3 atom stereocenters. The van der Waals surface area contributed by atoms with E-state index in [1.165, 1.54) is 19.3 Å². The fourth-order valence-corrected chi connectivity index (χ4v) is 5.17. The average molecular weight is 288 g/mol. The highest BCUT2D eigenvalue weighted by atomic mass is 28.4. The molecule has 19 heavy (non-hydrogen) atoms. The van der Waals surface area contributed by atoms with Gasteiger partial charge < -0.3 is 18.0 Å². The lowest BCUT2D eigenvalue weighted by Crippen LogP contribution is -2.45. The van der Waals surface area contributed by atoms with Gasteiger partial charge in [-0.1, -0.05) is 6.92 Å². The molecule has 0 aromatic heterocycles. The Bertz CT molecular complexity index is 268. The zero-order valence-corrected chi connectivity index (χ0v) is 13.5. The normalized spacial score (nSPS) is 30.2. The molecule has 0 spiro atoms. The number of fused-ring (bicyclic) bond motifs is 1. The molecular weight excluding hydrogens is 260 g/mol. The summed E-state index contributed by atoms with van der Waals surface area (Å²) in [5.41, 5.74) is 0. The molecule has 112 valence electrons. The molecule has 1 aliphatic carbocycles. The summed E-state index contributed by atoms with van der Waals surface area (Å²) in [6.45, 7) is 8.21. The van der Waals surface area contributed by atoms with Crippen molar-refractivity contribution in [3.05, 3.63) is 0 Å². The number of hydrogen-bond donors (Lipinski definition) is 0. The summed E-state index contributed by atoms with van der Waals surface area (Å²) >= 11 is 0. The fourth-order valence-electron chi connectivity index (χ4n) is 3.00. The van der Waals surface area contributed by atoms with Crippen LogP contribution in [0, 0.1) is 5.92 Å². The Kier molecular flexibility index (Phi) is 5.83. The maximum Gasteiger partial charge on any atom is 0.500 e. The molecule has 0 amide bonds. The molecule has 0 radical (unpaired) electrons. The minimum atomic E-state index is -2.39. The first-order chi connectivity index (χ1) is 9.23. The SMILES string of the molecule is CCO[Si](CC)(OCC)OCCC1CCC2OC2C1. The standard InChI is InChI=1S/C14H28O4Si/c1-4-15-19(6-3,16-5-2)17-10-9-12-7-8-13-14(11-12)18-13/h12-14H,4-11H2,1-3H3. The summed E-state index contributed by atoms with van der Waals surface area (Å²) in [7, 11) is -2.39. The quantitative estimate of drug-likeness (QED) is 0.483. The van der Waals surface area contributed by atoms with E-state index in [0.29, 0.717) is 25.4 Å². The van der Waals surface area contributed by atoms with Gasteiger partial charge in [-0.15, -0.1) is 0 Å². The summed E-state index contributed by atoms with van der Waals surface area (Å²) in [5, 5.41) is 0. The van der Waals surface area contributed by atoms with Crippen LogP contribution in [0.1, 0.15) is 46.5 Å². The van der Waals surface area contributed by atoms with Crippen molar-refractivity contribution in [3.63, 3.8) is 0 Å². The van der Waals surface area contributed by atoms with E-state index in [4.69, 9.17) is 18.0 Å². The molecule has 0 aromatic rings. The first kappa shape index (κ1) is 15.4. The van der Waals surface area contributed by atoms with Gasteiger partial charge in [-0.25, -0.2) is 0 Å². The second-order valence-electron chi connectivity index (χ2n) is 5.43. The van der Waals surface area contributed by atoms with E-state index < -0.39 is 8.80 Å². The molecule has 1 saturated carbocycles. The van der Waals surface area contributed by atoms with Crippen molar-refractivity contribution in [2.24, 2.45) is 5.92 Å². The third-order valence-electron chi connectivity index (χ3n) is 4.12. The van der Waals surface area contributed by atoms with Gasteiger partial charge in [-0.2, -0.15) is 0 Å². The topological polar surface area (TPSA) is 40.2 Å². The Balaban J connectivity index is 1.71. The van der Waals surface area contributed by atoms with Gasteiger partial charge in [-0.05, 0) is 45.4 Å². The lowest BCUT2D eigenvalue weighted by atomic mass is 9.87. The highest BCUT2D eigenvalue weighted by molar-refractivity contribution is 6.60. The largest absolute Gasteiger partial charge is 0.500 e. The highest BCUT2D eigenvalue weighted by Crippen LogP contribution is 2.40. The van der Waals surface area contributed by atoms with E-state index in [9.17, 15) is 0 Å². The Labute approximate surface area is 118 Å². The van der Waals surface area contributed by atoms with Crippen LogP contribution in [0.4, 0.5) is 0 Å². The van der Waals surface area contributed by atoms with Crippen molar-refractivity contribution in [2.75, 3.05) is 19.8 Å². The lowest BCUT2D eigenvalue weighted by Gasteiger charge is -2.29.